The Morgan fingerprint density at radius 2 is 2.20 bits per heavy atom. The minimum Gasteiger partial charge on any atom is -0.454 e. The van der Waals surface area contributed by atoms with E-state index < -0.39 is 5.38 Å². The van der Waals surface area contributed by atoms with Gasteiger partial charge in [-0.05, 0) is 19.1 Å². The molecule has 0 saturated carbocycles. The third-order valence-corrected chi connectivity index (χ3v) is 2.20. The first kappa shape index (κ1) is 10.1. The summed E-state index contributed by atoms with van der Waals surface area (Å²) in [5.74, 6) is 1.08. The lowest BCUT2D eigenvalue weighted by molar-refractivity contribution is -0.115. The Balaban J connectivity index is 2.13. The minimum atomic E-state index is -0.560. The van der Waals surface area contributed by atoms with Crippen LogP contribution in [0.25, 0.3) is 0 Å². The van der Waals surface area contributed by atoms with Gasteiger partial charge in [-0.2, -0.15) is 0 Å². The van der Waals surface area contributed by atoms with Gasteiger partial charge in [0, 0.05) is 11.8 Å². The molecule has 1 heterocycles. The predicted molar refractivity (Wildman–Crippen MR) is 56.5 cm³/mol. The summed E-state index contributed by atoms with van der Waals surface area (Å²) >= 11 is 5.63. The number of halogens is 1. The Kier molecular flexibility index (Phi) is 2.68. The van der Waals surface area contributed by atoms with Crippen molar-refractivity contribution in [1.82, 2.24) is 0 Å². The summed E-state index contributed by atoms with van der Waals surface area (Å²) in [4.78, 5) is 11.3. The van der Waals surface area contributed by atoms with Crippen LogP contribution in [-0.4, -0.2) is 18.1 Å². The van der Waals surface area contributed by atoms with Crippen LogP contribution in [-0.2, 0) is 4.79 Å². The minimum absolute atomic E-state index is 0.221. The number of benzene rings is 1. The fraction of sp³-hybridized carbons (Fsp3) is 0.300. The highest BCUT2D eigenvalue weighted by atomic mass is 35.5. The highest BCUT2D eigenvalue weighted by molar-refractivity contribution is 6.32. The van der Waals surface area contributed by atoms with Crippen molar-refractivity contribution in [3.05, 3.63) is 18.2 Å². The zero-order valence-electron chi connectivity index (χ0n) is 8.12. The molecule has 4 nitrogen and oxygen atoms in total. The van der Waals surface area contributed by atoms with E-state index in [0.29, 0.717) is 17.2 Å². The fourth-order valence-electron chi connectivity index (χ4n) is 1.22. The summed E-state index contributed by atoms with van der Waals surface area (Å²) in [6.07, 6.45) is 0. The van der Waals surface area contributed by atoms with Gasteiger partial charge in [0.1, 0.15) is 5.38 Å². The van der Waals surface area contributed by atoms with Gasteiger partial charge in [0.25, 0.3) is 0 Å². The second-order valence-electron chi connectivity index (χ2n) is 3.17. The molecule has 1 amide bonds. The van der Waals surface area contributed by atoms with Crippen LogP contribution in [0.1, 0.15) is 6.92 Å². The average Bonchev–Trinajstić information content (AvgIpc) is 2.64. The molecular weight excluding hydrogens is 218 g/mol. The number of hydrogen-bond donors (Lipinski definition) is 1. The predicted octanol–water partition coefficient (Wildman–Crippen LogP) is 1.98. The summed E-state index contributed by atoms with van der Waals surface area (Å²) in [7, 11) is 0. The van der Waals surface area contributed by atoms with Gasteiger partial charge in [0.15, 0.2) is 11.5 Å². The van der Waals surface area contributed by atoms with Gasteiger partial charge in [-0.25, -0.2) is 0 Å². The van der Waals surface area contributed by atoms with Gasteiger partial charge < -0.3 is 14.8 Å². The molecular formula is C10H10ClNO3. The van der Waals surface area contributed by atoms with E-state index in [4.69, 9.17) is 21.1 Å². The first-order valence-corrected chi connectivity index (χ1v) is 4.95. The van der Waals surface area contributed by atoms with Crippen molar-refractivity contribution in [2.24, 2.45) is 0 Å². The van der Waals surface area contributed by atoms with Crippen LogP contribution in [0.4, 0.5) is 5.69 Å². The number of ether oxygens (including phenoxy) is 2. The first-order valence-electron chi connectivity index (χ1n) is 4.51. The van der Waals surface area contributed by atoms with E-state index in [-0.39, 0.29) is 12.7 Å². The maximum atomic E-state index is 11.3. The molecule has 2 rings (SSSR count). The molecule has 0 bridgehead atoms. The molecule has 1 aromatic carbocycles. The van der Waals surface area contributed by atoms with Gasteiger partial charge in [-0.3, -0.25) is 4.79 Å². The first-order chi connectivity index (χ1) is 7.16. The van der Waals surface area contributed by atoms with Gasteiger partial charge in [0.2, 0.25) is 12.7 Å². The molecule has 1 N–H and O–H groups in total. The molecule has 0 radical (unpaired) electrons. The number of alkyl halides is 1. The Hall–Kier alpha value is -1.42. The van der Waals surface area contributed by atoms with Crippen molar-refractivity contribution < 1.29 is 14.3 Å². The molecule has 1 aliphatic heterocycles. The number of carbonyl (C=O) groups excluding carboxylic acids is 1. The molecule has 1 atom stereocenters. The van der Waals surface area contributed by atoms with Crippen LogP contribution in [0.2, 0.25) is 0 Å². The largest absolute Gasteiger partial charge is 0.454 e. The van der Waals surface area contributed by atoms with E-state index in [9.17, 15) is 4.79 Å². The van der Waals surface area contributed by atoms with Crippen LogP contribution < -0.4 is 14.8 Å². The van der Waals surface area contributed by atoms with E-state index in [0.717, 1.165) is 0 Å². The van der Waals surface area contributed by atoms with Crippen molar-refractivity contribution in [2.75, 3.05) is 12.1 Å². The fourth-order valence-corrected chi connectivity index (χ4v) is 1.27. The number of amides is 1. The highest BCUT2D eigenvalue weighted by Crippen LogP contribution is 2.34. The Morgan fingerprint density at radius 3 is 2.93 bits per heavy atom. The summed E-state index contributed by atoms with van der Waals surface area (Å²) in [5, 5.41) is 2.10. The molecule has 1 aliphatic rings. The standard InChI is InChI=1S/C10H10ClNO3/c1-6(11)10(13)12-7-2-3-8-9(4-7)15-5-14-8/h2-4,6H,5H2,1H3,(H,12,13)/t6-/m1/s1. The SMILES string of the molecule is C[C@@H](Cl)C(=O)Nc1ccc2c(c1)OCO2. The summed E-state index contributed by atoms with van der Waals surface area (Å²) in [6, 6.07) is 5.20. The molecule has 5 heteroatoms. The number of rotatable bonds is 2. The van der Waals surface area contributed by atoms with E-state index in [2.05, 4.69) is 5.32 Å². The van der Waals surface area contributed by atoms with Crippen molar-refractivity contribution in [3.63, 3.8) is 0 Å². The summed E-state index contributed by atoms with van der Waals surface area (Å²) in [5.41, 5.74) is 0.650. The molecule has 15 heavy (non-hydrogen) atoms. The van der Waals surface area contributed by atoms with Gasteiger partial charge in [0.05, 0.1) is 0 Å². The van der Waals surface area contributed by atoms with Crippen LogP contribution in [0.3, 0.4) is 0 Å². The number of fused-ring (bicyclic) bond motifs is 1. The van der Waals surface area contributed by atoms with Crippen molar-refractivity contribution in [3.8, 4) is 11.5 Å². The van der Waals surface area contributed by atoms with Crippen molar-refractivity contribution >= 4 is 23.2 Å². The molecule has 0 aliphatic carbocycles. The number of carbonyl (C=O) groups is 1. The van der Waals surface area contributed by atoms with Crippen LogP contribution in [0, 0.1) is 0 Å². The molecule has 0 fully saturated rings. The number of nitrogens with one attached hydrogen (secondary N) is 1. The van der Waals surface area contributed by atoms with Gasteiger partial charge in [-0.15, -0.1) is 11.6 Å². The lowest BCUT2D eigenvalue weighted by Crippen LogP contribution is -2.20. The number of hydrogen-bond acceptors (Lipinski definition) is 3. The van der Waals surface area contributed by atoms with E-state index in [1.165, 1.54) is 0 Å². The normalized spacial score (nSPS) is 14.8. The third kappa shape index (κ3) is 2.15. The van der Waals surface area contributed by atoms with Crippen molar-refractivity contribution in [2.45, 2.75) is 12.3 Å². The Bertz CT molecular complexity index is 392. The van der Waals surface area contributed by atoms with E-state index >= 15 is 0 Å². The lowest BCUT2D eigenvalue weighted by Gasteiger charge is -2.06. The molecule has 0 unspecified atom stereocenters. The van der Waals surface area contributed by atoms with Crippen LogP contribution in [0.15, 0.2) is 18.2 Å². The molecule has 80 valence electrons. The lowest BCUT2D eigenvalue weighted by atomic mass is 10.2. The second kappa shape index (κ2) is 3.98. The van der Waals surface area contributed by atoms with Crippen molar-refractivity contribution in [1.29, 1.82) is 0 Å². The third-order valence-electron chi connectivity index (χ3n) is 2.00. The highest BCUT2D eigenvalue weighted by Gasteiger charge is 2.15. The molecule has 0 aromatic heterocycles. The second-order valence-corrected chi connectivity index (χ2v) is 3.83. The monoisotopic (exact) mass is 227 g/mol. The van der Waals surface area contributed by atoms with Gasteiger partial charge >= 0.3 is 0 Å². The zero-order chi connectivity index (χ0) is 10.8. The smallest absolute Gasteiger partial charge is 0.242 e. The topological polar surface area (TPSA) is 47.6 Å². The Labute approximate surface area is 92.1 Å². The van der Waals surface area contributed by atoms with Gasteiger partial charge in [-0.1, -0.05) is 0 Å². The zero-order valence-corrected chi connectivity index (χ0v) is 8.88. The maximum absolute atomic E-state index is 11.3. The average molecular weight is 228 g/mol. The molecule has 1 aromatic rings. The quantitative estimate of drug-likeness (QED) is 0.786. The maximum Gasteiger partial charge on any atom is 0.242 e. The van der Waals surface area contributed by atoms with Crippen LogP contribution in [0.5, 0.6) is 11.5 Å². The summed E-state index contributed by atoms with van der Waals surface area (Å²) in [6.45, 7) is 1.84. The summed E-state index contributed by atoms with van der Waals surface area (Å²) < 4.78 is 10.3. The number of anilines is 1. The van der Waals surface area contributed by atoms with Crippen LogP contribution >= 0.6 is 11.6 Å². The molecule has 0 spiro atoms. The van der Waals surface area contributed by atoms with E-state index in [1.54, 1.807) is 25.1 Å². The molecule has 0 saturated heterocycles. The Morgan fingerprint density at radius 1 is 1.47 bits per heavy atom. The van der Waals surface area contributed by atoms with E-state index in [1.807, 2.05) is 0 Å².